The van der Waals surface area contributed by atoms with E-state index in [1.165, 1.54) is 0 Å². The van der Waals surface area contributed by atoms with Gasteiger partial charge in [-0.3, -0.25) is 4.90 Å². The number of hydrogen-bond acceptors (Lipinski definition) is 5. The molecule has 7 heteroatoms. The number of likely N-dealkylation sites (tertiary alicyclic amines) is 1. The Morgan fingerprint density at radius 2 is 1.94 bits per heavy atom. The van der Waals surface area contributed by atoms with Gasteiger partial charge < -0.3 is 10.9 Å². The Hall–Kier alpha value is -0.820. The smallest absolute Gasteiger partial charge is 0.151 e. The van der Waals surface area contributed by atoms with Gasteiger partial charge in [-0.15, -0.1) is 0 Å². The molecular formula is C10H19N3O3S. The van der Waals surface area contributed by atoms with Crippen LogP contribution < -0.4 is 5.73 Å². The summed E-state index contributed by atoms with van der Waals surface area (Å²) < 4.78 is 22.8. The van der Waals surface area contributed by atoms with Gasteiger partial charge in [0.15, 0.2) is 9.84 Å². The summed E-state index contributed by atoms with van der Waals surface area (Å²) in [6.45, 7) is 1.67. The van der Waals surface area contributed by atoms with Gasteiger partial charge in [0.25, 0.3) is 0 Å². The minimum atomic E-state index is -2.81. The molecule has 0 aromatic rings. The van der Waals surface area contributed by atoms with Crippen molar-refractivity contribution < 1.29 is 13.6 Å². The molecule has 2 heterocycles. The van der Waals surface area contributed by atoms with Gasteiger partial charge in [-0.05, 0) is 32.4 Å². The highest BCUT2D eigenvalue weighted by molar-refractivity contribution is 7.91. The molecular weight excluding hydrogens is 242 g/mol. The van der Waals surface area contributed by atoms with Gasteiger partial charge in [-0.25, -0.2) is 8.42 Å². The predicted octanol–water partition coefficient (Wildman–Crippen LogP) is -0.368. The molecule has 2 rings (SSSR count). The lowest BCUT2D eigenvalue weighted by Crippen LogP contribution is -2.44. The molecule has 0 aromatic carbocycles. The van der Waals surface area contributed by atoms with Crippen LogP contribution in [0.1, 0.15) is 19.3 Å². The Labute approximate surface area is 101 Å². The minimum Gasteiger partial charge on any atom is -0.409 e. The molecule has 1 atom stereocenters. The van der Waals surface area contributed by atoms with Crippen LogP contribution in [0.25, 0.3) is 0 Å². The molecule has 0 saturated carbocycles. The second kappa shape index (κ2) is 4.81. The Morgan fingerprint density at radius 3 is 2.41 bits per heavy atom. The van der Waals surface area contributed by atoms with Crippen LogP contribution in [0.3, 0.4) is 0 Å². The molecule has 2 fully saturated rings. The van der Waals surface area contributed by atoms with Gasteiger partial charge in [0, 0.05) is 12.0 Å². The van der Waals surface area contributed by atoms with E-state index < -0.39 is 9.84 Å². The number of piperidine rings is 1. The predicted molar refractivity (Wildman–Crippen MR) is 64.8 cm³/mol. The Bertz CT molecular complexity index is 399. The summed E-state index contributed by atoms with van der Waals surface area (Å²) in [5.74, 6) is 1.04. The first-order valence-corrected chi connectivity index (χ1v) is 7.76. The lowest BCUT2D eigenvalue weighted by Gasteiger charge is -2.34. The number of nitrogens with two attached hydrogens (primary N) is 1. The molecule has 0 aromatic heterocycles. The van der Waals surface area contributed by atoms with Crippen molar-refractivity contribution in [2.45, 2.75) is 25.3 Å². The molecule has 98 valence electrons. The highest BCUT2D eigenvalue weighted by Crippen LogP contribution is 2.24. The Morgan fingerprint density at radius 1 is 1.29 bits per heavy atom. The summed E-state index contributed by atoms with van der Waals surface area (Å²) in [5.41, 5.74) is 5.58. The second-order valence-electron chi connectivity index (χ2n) is 4.89. The SMILES string of the molecule is NC(=NO)C1CCN(C2CCS(=O)(=O)C2)CC1. The Balaban J connectivity index is 1.88. The number of oxime groups is 1. The summed E-state index contributed by atoms with van der Waals surface area (Å²) in [6, 6.07) is 0.174. The first-order valence-electron chi connectivity index (χ1n) is 5.94. The van der Waals surface area contributed by atoms with Crippen molar-refractivity contribution in [3.8, 4) is 0 Å². The van der Waals surface area contributed by atoms with E-state index in [0.717, 1.165) is 32.4 Å². The van der Waals surface area contributed by atoms with E-state index in [2.05, 4.69) is 10.1 Å². The van der Waals surface area contributed by atoms with Gasteiger partial charge in [0.1, 0.15) is 5.84 Å². The third kappa shape index (κ3) is 2.90. The van der Waals surface area contributed by atoms with Gasteiger partial charge in [-0.1, -0.05) is 5.16 Å². The quantitative estimate of drug-likeness (QED) is 0.306. The van der Waals surface area contributed by atoms with Crippen LogP contribution in [0.5, 0.6) is 0 Å². The zero-order chi connectivity index (χ0) is 12.5. The standard InChI is InChI=1S/C10H19N3O3S/c11-10(12-14)8-1-4-13(5-2-8)9-3-6-17(15,16)7-9/h8-9,14H,1-7H2,(H2,11,12). The molecule has 0 aliphatic carbocycles. The third-order valence-corrected chi connectivity index (χ3v) is 5.54. The largest absolute Gasteiger partial charge is 0.409 e. The van der Waals surface area contributed by atoms with Crippen LogP contribution in [0.15, 0.2) is 5.16 Å². The highest BCUT2D eigenvalue weighted by atomic mass is 32.2. The van der Waals surface area contributed by atoms with E-state index in [1.54, 1.807) is 0 Å². The summed E-state index contributed by atoms with van der Waals surface area (Å²) in [4.78, 5) is 2.23. The molecule has 2 saturated heterocycles. The minimum absolute atomic E-state index is 0.134. The van der Waals surface area contributed by atoms with E-state index in [1.807, 2.05) is 0 Å². The molecule has 0 radical (unpaired) electrons. The highest BCUT2D eigenvalue weighted by Gasteiger charge is 2.34. The zero-order valence-electron chi connectivity index (χ0n) is 9.75. The first-order chi connectivity index (χ1) is 8.02. The first kappa shape index (κ1) is 12.6. The second-order valence-corrected chi connectivity index (χ2v) is 7.12. The van der Waals surface area contributed by atoms with Crippen LogP contribution in [0.4, 0.5) is 0 Å². The molecule has 6 nitrogen and oxygen atoms in total. The van der Waals surface area contributed by atoms with Crippen LogP contribution in [-0.2, 0) is 9.84 Å². The molecule has 2 aliphatic heterocycles. The normalized spacial score (nSPS) is 31.8. The molecule has 17 heavy (non-hydrogen) atoms. The summed E-state index contributed by atoms with van der Waals surface area (Å²) in [7, 11) is -2.81. The van der Waals surface area contributed by atoms with Crippen LogP contribution in [0.2, 0.25) is 0 Å². The lowest BCUT2D eigenvalue weighted by molar-refractivity contribution is 0.160. The zero-order valence-corrected chi connectivity index (χ0v) is 10.6. The van der Waals surface area contributed by atoms with E-state index in [0.29, 0.717) is 17.3 Å². The molecule has 1 unspecified atom stereocenters. The van der Waals surface area contributed by atoms with Crippen molar-refractivity contribution in [3.63, 3.8) is 0 Å². The maximum absolute atomic E-state index is 11.4. The molecule has 3 N–H and O–H groups in total. The summed E-state index contributed by atoms with van der Waals surface area (Å²) in [6.07, 6.45) is 2.43. The molecule has 0 bridgehead atoms. The number of nitrogens with zero attached hydrogens (tertiary/aromatic N) is 2. The number of rotatable bonds is 2. The van der Waals surface area contributed by atoms with Crippen molar-refractivity contribution >= 4 is 15.7 Å². The van der Waals surface area contributed by atoms with Crippen molar-refractivity contribution in [1.82, 2.24) is 4.90 Å². The van der Waals surface area contributed by atoms with Crippen molar-refractivity contribution in [3.05, 3.63) is 0 Å². The lowest BCUT2D eigenvalue weighted by atomic mass is 9.94. The maximum atomic E-state index is 11.4. The van der Waals surface area contributed by atoms with Crippen LogP contribution in [-0.4, -0.2) is 55.0 Å². The van der Waals surface area contributed by atoms with Gasteiger partial charge in [0.2, 0.25) is 0 Å². The van der Waals surface area contributed by atoms with Gasteiger partial charge in [0.05, 0.1) is 11.5 Å². The maximum Gasteiger partial charge on any atom is 0.151 e. The van der Waals surface area contributed by atoms with Crippen molar-refractivity contribution in [2.24, 2.45) is 16.8 Å². The fourth-order valence-electron chi connectivity index (χ4n) is 2.71. The Kier molecular flexibility index (Phi) is 3.58. The topological polar surface area (TPSA) is 96.0 Å². The van der Waals surface area contributed by atoms with Crippen molar-refractivity contribution in [1.29, 1.82) is 0 Å². The number of sulfone groups is 1. The van der Waals surface area contributed by atoms with Crippen LogP contribution >= 0.6 is 0 Å². The average molecular weight is 261 g/mol. The summed E-state index contributed by atoms with van der Waals surface area (Å²) >= 11 is 0. The fourth-order valence-corrected chi connectivity index (χ4v) is 4.47. The number of hydrogen-bond donors (Lipinski definition) is 2. The third-order valence-electron chi connectivity index (χ3n) is 3.79. The van der Waals surface area contributed by atoms with Crippen LogP contribution in [0, 0.1) is 5.92 Å². The monoisotopic (exact) mass is 261 g/mol. The van der Waals surface area contributed by atoms with E-state index in [4.69, 9.17) is 10.9 Å². The van der Waals surface area contributed by atoms with E-state index >= 15 is 0 Å². The molecule has 0 amide bonds. The van der Waals surface area contributed by atoms with Crippen molar-refractivity contribution in [2.75, 3.05) is 24.6 Å². The van der Waals surface area contributed by atoms with Gasteiger partial charge in [-0.2, -0.15) is 0 Å². The van der Waals surface area contributed by atoms with E-state index in [-0.39, 0.29) is 12.0 Å². The number of amidine groups is 1. The van der Waals surface area contributed by atoms with Gasteiger partial charge >= 0.3 is 0 Å². The molecule has 2 aliphatic rings. The average Bonchev–Trinajstić information content (AvgIpc) is 2.69. The molecule has 0 spiro atoms. The summed E-state index contributed by atoms with van der Waals surface area (Å²) in [5, 5.41) is 11.6. The van der Waals surface area contributed by atoms with E-state index in [9.17, 15) is 8.42 Å². The fraction of sp³-hybridized carbons (Fsp3) is 0.900.